The van der Waals surface area contributed by atoms with Gasteiger partial charge in [0.15, 0.2) is 0 Å². The summed E-state index contributed by atoms with van der Waals surface area (Å²) < 4.78 is 5.93. The van der Waals surface area contributed by atoms with Crippen LogP contribution >= 0.6 is 0 Å². The fourth-order valence-corrected chi connectivity index (χ4v) is 3.40. The van der Waals surface area contributed by atoms with E-state index in [2.05, 4.69) is 20.1 Å². The van der Waals surface area contributed by atoms with Gasteiger partial charge in [0.1, 0.15) is 11.9 Å². The molecule has 0 bridgehead atoms. The fraction of sp³-hybridized carbons (Fsp3) is 0.450. The van der Waals surface area contributed by atoms with Crippen LogP contribution in [0.25, 0.3) is 0 Å². The number of carbonyl (C=O) groups is 1. The van der Waals surface area contributed by atoms with Crippen molar-refractivity contribution < 1.29 is 14.4 Å². The molecule has 4 heterocycles. The van der Waals surface area contributed by atoms with Crippen molar-refractivity contribution in [3.8, 4) is 6.01 Å². The SMILES string of the molecule is CN(C)c1ccnc(OC2CCN(C(=O)C3CC(c4cccnc4)=NO3)CC2)n1. The second-order valence-electron chi connectivity index (χ2n) is 7.31. The molecule has 2 aromatic rings. The van der Waals surface area contributed by atoms with E-state index in [-0.39, 0.29) is 12.0 Å². The molecule has 9 nitrogen and oxygen atoms in total. The Labute approximate surface area is 169 Å². The van der Waals surface area contributed by atoms with Crippen LogP contribution in [0.15, 0.2) is 41.9 Å². The first kappa shape index (κ1) is 19.1. The average molecular weight is 396 g/mol. The van der Waals surface area contributed by atoms with Crippen LogP contribution in [0.5, 0.6) is 6.01 Å². The number of hydrogen-bond acceptors (Lipinski definition) is 8. The molecule has 0 saturated carbocycles. The molecule has 0 spiro atoms. The smallest absolute Gasteiger partial charge is 0.318 e. The van der Waals surface area contributed by atoms with E-state index in [1.807, 2.05) is 42.1 Å². The summed E-state index contributed by atoms with van der Waals surface area (Å²) in [5.74, 6) is 0.766. The lowest BCUT2D eigenvalue weighted by Crippen LogP contribution is -2.46. The molecule has 1 unspecified atom stereocenters. The van der Waals surface area contributed by atoms with Crippen LogP contribution in [-0.2, 0) is 9.63 Å². The topological polar surface area (TPSA) is 93.0 Å². The summed E-state index contributed by atoms with van der Waals surface area (Å²) in [5, 5.41) is 4.08. The van der Waals surface area contributed by atoms with Crippen LogP contribution in [0.2, 0.25) is 0 Å². The molecular weight excluding hydrogens is 372 g/mol. The monoisotopic (exact) mass is 396 g/mol. The minimum absolute atomic E-state index is 0.0110. The Bertz CT molecular complexity index is 881. The van der Waals surface area contributed by atoms with E-state index in [1.165, 1.54) is 0 Å². The van der Waals surface area contributed by atoms with Gasteiger partial charge in [-0.15, -0.1) is 0 Å². The quantitative estimate of drug-likeness (QED) is 0.756. The number of rotatable bonds is 5. The zero-order valence-corrected chi connectivity index (χ0v) is 16.6. The minimum atomic E-state index is -0.567. The highest BCUT2D eigenvalue weighted by atomic mass is 16.6. The number of nitrogens with zero attached hydrogens (tertiary/aromatic N) is 6. The number of carbonyl (C=O) groups excluding carboxylic acids is 1. The average Bonchev–Trinajstić information content (AvgIpc) is 3.25. The predicted octanol–water partition coefficient (Wildman–Crippen LogP) is 1.50. The van der Waals surface area contributed by atoms with Gasteiger partial charge in [0.05, 0.1) is 5.71 Å². The number of amides is 1. The zero-order chi connectivity index (χ0) is 20.2. The van der Waals surface area contributed by atoms with E-state index in [9.17, 15) is 4.79 Å². The third kappa shape index (κ3) is 4.44. The van der Waals surface area contributed by atoms with Crippen LogP contribution in [0, 0.1) is 0 Å². The lowest BCUT2D eigenvalue weighted by atomic mass is 10.0. The van der Waals surface area contributed by atoms with Crippen molar-refractivity contribution >= 4 is 17.4 Å². The summed E-state index contributed by atoms with van der Waals surface area (Å²) in [7, 11) is 3.84. The molecular formula is C20H24N6O3. The summed E-state index contributed by atoms with van der Waals surface area (Å²) in [6.07, 6.45) is 6.46. The summed E-state index contributed by atoms with van der Waals surface area (Å²) >= 11 is 0. The highest BCUT2D eigenvalue weighted by Crippen LogP contribution is 2.22. The van der Waals surface area contributed by atoms with Crippen molar-refractivity contribution in [1.82, 2.24) is 19.9 Å². The van der Waals surface area contributed by atoms with Gasteiger partial charge in [0, 0.05) is 70.6 Å². The van der Waals surface area contributed by atoms with Gasteiger partial charge in [-0.25, -0.2) is 4.98 Å². The molecule has 0 N–H and O–H groups in total. The van der Waals surface area contributed by atoms with E-state index < -0.39 is 6.10 Å². The number of piperidine rings is 1. The molecule has 1 amide bonds. The molecule has 1 atom stereocenters. The first-order valence-electron chi connectivity index (χ1n) is 9.69. The number of oxime groups is 1. The Morgan fingerprint density at radius 1 is 1.24 bits per heavy atom. The molecule has 4 rings (SSSR count). The van der Waals surface area contributed by atoms with Crippen LogP contribution in [0.4, 0.5) is 5.82 Å². The number of hydrogen-bond donors (Lipinski definition) is 0. The molecule has 0 aromatic carbocycles. The summed E-state index contributed by atoms with van der Waals surface area (Å²) in [4.78, 5) is 34.6. The summed E-state index contributed by atoms with van der Waals surface area (Å²) in [6.45, 7) is 1.22. The lowest BCUT2D eigenvalue weighted by Gasteiger charge is -2.32. The second-order valence-corrected chi connectivity index (χ2v) is 7.31. The van der Waals surface area contributed by atoms with Gasteiger partial charge < -0.3 is 19.4 Å². The van der Waals surface area contributed by atoms with Crippen molar-refractivity contribution in [1.29, 1.82) is 0 Å². The normalized spacial score (nSPS) is 19.4. The molecule has 0 radical (unpaired) electrons. The van der Waals surface area contributed by atoms with E-state index >= 15 is 0 Å². The van der Waals surface area contributed by atoms with Crippen molar-refractivity contribution in [2.45, 2.75) is 31.5 Å². The predicted molar refractivity (Wildman–Crippen MR) is 107 cm³/mol. The van der Waals surface area contributed by atoms with Crippen LogP contribution in [0.3, 0.4) is 0 Å². The third-order valence-electron chi connectivity index (χ3n) is 5.04. The fourth-order valence-electron chi connectivity index (χ4n) is 3.40. The Kier molecular flexibility index (Phi) is 5.55. The molecule has 1 saturated heterocycles. The third-order valence-corrected chi connectivity index (χ3v) is 5.04. The van der Waals surface area contributed by atoms with Gasteiger partial charge >= 0.3 is 6.01 Å². The van der Waals surface area contributed by atoms with E-state index in [0.29, 0.717) is 25.5 Å². The van der Waals surface area contributed by atoms with Crippen molar-refractivity contribution in [2.75, 3.05) is 32.1 Å². The Balaban J connectivity index is 1.28. The number of ether oxygens (including phenoxy) is 1. The van der Waals surface area contributed by atoms with Gasteiger partial charge in [0.2, 0.25) is 6.10 Å². The molecule has 2 aromatic heterocycles. The number of pyridine rings is 1. The van der Waals surface area contributed by atoms with Crippen molar-refractivity contribution in [3.63, 3.8) is 0 Å². The van der Waals surface area contributed by atoms with Gasteiger partial charge in [-0.1, -0.05) is 5.16 Å². The summed E-state index contributed by atoms with van der Waals surface area (Å²) in [5.41, 5.74) is 1.64. The van der Waals surface area contributed by atoms with E-state index in [0.717, 1.165) is 29.9 Å². The lowest BCUT2D eigenvalue weighted by molar-refractivity contribution is -0.143. The van der Waals surface area contributed by atoms with Crippen LogP contribution < -0.4 is 9.64 Å². The van der Waals surface area contributed by atoms with Crippen LogP contribution in [0.1, 0.15) is 24.8 Å². The van der Waals surface area contributed by atoms with Crippen molar-refractivity contribution in [3.05, 3.63) is 42.4 Å². The maximum atomic E-state index is 12.8. The number of likely N-dealkylation sites (tertiary alicyclic amines) is 1. The van der Waals surface area contributed by atoms with Gasteiger partial charge in [0.25, 0.3) is 5.91 Å². The maximum absolute atomic E-state index is 12.8. The minimum Gasteiger partial charge on any atom is -0.460 e. The zero-order valence-electron chi connectivity index (χ0n) is 16.6. The van der Waals surface area contributed by atoms with E-state index in [4.69, 9.17) is 9.57 Å². The van der Waals surface area contributed by atoms with Crippen molar-refractivity contribution in [2.24, 2.45) is 5.16 Å². The first-order chi connectivity index (χ1) is 14.1. The maximum Gasteiger partial charge on any atom is 0.318 e. The molecule has 152 valence electrons. The molecule has 29 heavy (non-hydrogen) atoms. The largest absolute Gasteiger partial charge is 0.460 e. The highest BCUT2D eigenvalue weighted by molar-refractivity contribution is 6.03. The molecule has 1 fully saturated rings. The van der Waals surface area contributed by atoms with E-state index in [1.54, 1.807) is 18.6 Å². The second kappa shape index (κ2) is 8.42. The Morgan fingerprint density at radius 3 is 2.79 bits per heavy atom. The van der Waals surface area contributed by atoms with Gasteiger partial charge in [-0.05, 0) is 18.2 Å². The highest BCUT2D eigenvalue weighted by Gasteiger charge is 2.34. The number of anilines is 1. The Hall–Kier alpha value is -3.23. The van der Waals surface area contributed by atoms with Gasteiger partial charge in [-0.3, -0.25) is 9.78 Å². The molecule has 9 heteroatoms. The van der Waals surface area contributed by atoms with Crippen LogP contribution in [-0.4, -0.2) is 70.9 Å². The molecule has 2 aliphatic heterocycles. The van der Waals surface area contributed by atoms with Gasteiger partial charge in [-0.2, -0.15) is 4.98 Å². The standard InChI is InChI=1S/C20H24N6O3/c1-25(2)18-5-9-22-20(23-18)28-15-6-10-26(11-7-15)19(27)17-12-16(24-29-17)14-4-3-8-21-13-14/h3-5,8-9,13,15,17H,6-7,10-12H2,1-2H3. The molecule has 2 aliphatic rings. The molecule has 0 aliphatic carbocycles. The number of aromatic nitrogens is 3. The Morgan fingerprint density at radius 2 is 2.07 bits per heavy atom. The first-order valence-corrected chi connectivity index (χ1v) is 9.69. The summed E-state index contributed by atoms with van der Waals surface area (Å²) in [6, 6.07) is 5.96.